The van der Waals surface area contributed by atoms with E-state index in [-0.39, 0.29) is 0 Å². The van der Waals surface area contributed by atoms with E-state index in [4.69, 9.17) is 0 Å². The highest BCUT2D eigenvalue weighted by atomic mass is 15.2. The largest absolute Gasteiger partial charge is 0.313 e. The molecule has 0 amide bonds. The molecule has 2 nitrogen and oxygen atoms in total. The molecule has 1 unspecified atom stereocenters. The van der Waals surface area contributed by atoms with E-state index >= 15 is 0 Å². The highest BCUT2D eigenvalue weighted by Gasteiger charge is 2.16. The van der Waals surface area contributed by atoms with Crippen molar-refractivity contribution in [3.8, 4) is 0 Å². The Morgan fingerprint density at radius 3 is 3.00 bits per heavy atom. The maximum atomic E-state index is 3.56. The average Bonchev–Trinajstić information content (AvgIpc) is 2.40. The zero-order valence-electron chi connectivity index (χ0n) is 12.5. The average molecular weight is 260 g/mol. The lowest BCUT2D eigenvalue weighted by molar-refractivity contribution is 0.159. The van der Waals surface area contributed by atoms with E-state index in [9.17, 15) is 0 Å². The van der Waals surface area contributed by atoms with Crippen LogP contribution in [-0.4, -0.2) is 30.6 Å². The third kappa shape index (κ3) is 4.96. The van der Waals surface area contributed by atoms with Crippen LogP contribution in [-0.2, 0) is 6.54 Å². The molecule has 1 aromatic carbocycles. The Balaban J connectivity index is 1.59. The van der Waals surface area contributed by atoms with Gasteiger partial charge in [-0.3, -0.25) is 0 Å². The van der Waals surface area contributed by atoms with Crippen LogP contribution in [0.3, 0.4) is 0 Å². The first-order chi connectivity index (χ1) is 9.25. The van der Waals surface area contributed by atoms with Crippen molar-refractivity contribution in [1.82, 2.24) is 10.2 Å². The van der Waals surface area contributed by atoms with Crippen molar-refractivity contribution in [3.05, 3.63) is 35.4 Å². The molecule has 1 heterocycles. The number of nitrogens with one attached hydrogen (secondary N) is 1. The molecule has 0 saturated carbocycles. The zero-order chi connectivity index (χ0) is 13.5. The van der Waals surface area contributed by atoms with E-state index in [0.29, 0.717) is 0 Å². The second-order valence-corrected chi connectivity index (χ2v) is 5.90. The van der Waals surface area contributed by atoms with Gasteiger partial charge in [0, 0.05) is 12.6 Å². The Morgan fingerprint density at radius 1 is 1.32 bits per heavy atom. The van der Waals surface area contributed by atoms with Crippen LogP contribution in [0.25, 0.3) is 0 Å². The van der Waals surface area contributed by atoms with Crippen LogP contribution < -0.4 is 5.32 Å². The monoisotopic (exact) mass is 260 g/mol. The maximum absolute atomic E-state index is 3.56. The van der Waals surface area contributed by atoms with Gasteiger partial charge in [-0.2, -0.15) is 0 Å². The van der Waals surface area contributed by atoms with Gasteiger partial charge in [0.1, 0.15) is 0 Å². The molecule has 0 bridgehead atoms. The Hall–Kier alpha value is -0.860. The molecule has 1 fully saturated rings. The van der Waals surface area contributed by atoms with Crippen molar-refractivity contribution in [3.63, 3.8) is 0 Å². The fraction of sp³-hybridized carbons (Fsp3) is 0.647. The van der Waals surface area contributed by atoms with Crippen LogP contribution in [0.5, 0.6) is 0 Å². The molecular weight excluding hydrogens is 232 g/mol. The summed E-state index contributed by atoms with van der Waals surface area (Å²) < 4.78 is 0. The summed E-state index contributed by atoms with van der Waals surface area (Å²) in [6.45, 7) is 9.20. The molecule has 0 aromatic heterocycles. The molecule has 1 aliphatic rings. The highest BCUT2D eigenvalue weighted by molar-refractivity contribution is 5.21. The van der Waals surface area contributed by atoms with Crippen LogP contribution in [0.2, 0.25) is 0 Å². The summed E-state index contributed by atoms with van der Waals surface area (Å²) in [4.78, 5) is 2.65. The summed E-state index contributed by atoms with van der Waals surface area (Å²) >= 11 is 0. The number of likely N-dealkylation sites (tertiary alicyclic amines) is 1. The van der Waals surface area contributed by atoms with Gasteiger partial charge in [0.25, 0.3) is 0 Å². The number of piperidine rings is 1. The topological polar surface area (TPSA) is 15.3 Å². The van der Waals surface area contributed by atoms with E-state index in [0.717, 1.165) is 19.1 Å². The van der Waals surface area contributed by atoms with Gasteiger partial charge in [0.2, 0.25) is 0 Å². The van der Waals surface area contributed by atoms with Crippen LogP contribution in [0.1, 0.15) is 43.7 Å². The van der Waals surface area contributed by atoms with Gasteiger partial charge in [-0.05, 0) is 58.3 Å². The molecule has 1 aliphatic heterocycles. The minimum absolute atomic E-state index is 0.797. The number of aryl methyl sites for hydroxylation is 1. The second-order valence-electron chi connectivity index (χ2n) is 5.90. The molecule has 1 atom stereocenters. The van der Waals surface area contributed by atoms with Gasteiger partial charge in [0.05, 0.1) is 0 Å². The van der Waals surface area contributed by atoms with Crippen LogP contribution >= 0.6 is 0 Å². The molecular formula is C17H28N2. The molecule has 1 N–H and O–H groups in total. The van der Waals surface area contributed by atoms with E-state index in [1.54, 1.807) is 0 Å². The number of nitrogens with zero attached hydrogens (tertiary/aromatic N) is 1. The van der Waals surface area contributed by atoms with Gasteiger partial charge in [-0.25, -0.2) is 0 Å². The fourth-order valence-corrected chi connectivity index (χ4v) is 2.95. The Morgan fingerprint density at radius 2 is 2.21 bits per heavy atom. The van der Waals surface area contributed by atoms with Crippen molar-refractivity contribution in [2.24, 2.45) is 0 Å². The minimum Gasteiger partial charge on any atom is -0.313 e. The SMILES string of the molecule is Cc1cccc(CNCCCN2CCCCC2C)c1. The lowest BCUT2D eigenvalue weighted by atomic mass is 10.0. The van der Waals surface area contributed by atoms with Crippen molar-refractivity contribution < 1.29 is 0 Å². The highest BCUT2D eigenvalue weighted by Crippen LogP contribution is 2.16. The second kappa shape index (κ2) is 7.66. The van der Waals surface area contributed by atoms with Gasteiger partial charge >= 0.3 is 0 Å². The number of benzene rings is 1. The molecule has 2 heteroatoms. The molecule has 2 rings (SSSR count). The standard InChI is InChI=1S/C17H28N2/c1-15-7-5-9-17(13-15)14-18-10-6-12-19-11-4-3-8-16(19)2/h5,7,9,13,16,18H,3-4,6,8,10-12,14H2,1-2H3. The molecule has 1 saturated heterocycles. The molecule has 0 aliphatic carbocycles. The summed E-state index contributed by atoms with van der Waals surface area (Å²) in [5.74, 6) is 0. The summed E-state index contributed by atoms with van der Waals surface area (Å²) in [6, 6.07) is 9.56. The summed E-state index contributed by atoms with van der Waals surface area (Å²) in [7, 11) is 0. The first-order valence-corrected chi connectivity index (χ1v) is 7.76. The normalized spacial score (nSPS) is 20.6. The predicted molar refractivity (Wildman–Crippen MR) is 82.4 cm³/mol. The van der Waals surface area contributed by atoms with Crippen LogP contribution in [0, 0.1) is 6.92 Å². The van der Waals surface area contributed by atoms with E-state index < -0.39 is 0 Å². The van der Waals surface area contributed by atoms with Crippen molar-refractivity contribution >= 4 is 0 Å². The van der Waals surface area contributed by atoms with Crippen LogP contribution in [0.4, 0.5) is 0 Å². The summed E-state index contributed by atoms with van der Waals surface area (Å²) in [5.41, 5.74) is 2.74. The van der Waals surface area contributed by atoms with Gasteiger partial charge in [-0.1, -0.05) is 36.2 Å². The smallest absolute Gasteiger partial charge is 0.0205 e. The number of rotatable bonds is 6. The van der Waals surface area contributed by atoms with E-state index in [1.807, 2.05) is 0 Å². The van der Waals surface area contributed by atoms with Crippen molar-refractivity contribution in [1.29, 1.82) is 0 Å². The van der Waals surface area contributed by atoms with Crippen molar-refractivity contribution in [2.75, 3.05) is 19.6 Å². The Kier molecular flexibility index (Phi) is 5.87. The summed E-state index contributed by atoms with van der Waals surface area (Å²) in [6.07, 6.45) is 5.46. The minimum atomic E-state index is 0.797. The number of hydrogen-bond acceptors (Lipinski definition) is 2. The number of hydrogen-bond donors (Lipinski definition) is 1. The third-order valence-corrected chi connectivity index (χ3v) is 4.15. The van der Waals surface area contributed by atoms with Gasteiger partial charge < -0.3 is 10.2 Å². The fourth-order valence-electron chi connectivity index (χ4n) is 2.95. The van der Waals surface area contributed by atoms with Crippen molar-refractivity contribution in [2.45, 2.75) is 52.1 Å². The zero-order valence-corrected chi connectivity index (χ0v) is 12.5. The lowest BCUT2D eigenvalue weighted by Gasteiger charge is -2.33. The Labute approximate surface area is 118 Å². The predicted octanol–water partition coefficient (Wildman–Crippen LogP) is 3.35. The molecule has 0 radical (unpaired) electrons. The summed E-state index contributed by atoms with van der Waals surface area (Å²) in [5, 5.41) is 3.56. The lowest BCUT2D eigenvalue weighted by Crippen LogP contribution is -2.38. The first-order valence-electron chi connectivity index (χ1n) is 7.76. The molecule has 0 spiro atoms. The molecule has 1 aromatic rings. The Bertz CT molecular complexity index is 375. The third-order valence-electron chi connectivity index (χ3n) is 4.15. The van der Waals surface area contributed by atoms with Gasteiger partial charge in [-0.15, -0.1) is 0 Å². The molecule has 106 valence electrons. The molecule has 19 heavy (non-hydrogen) atoms. The maximum Gasteiger partial charge on any atom is 0.0205 e. The van der Waals surface area contributed by atoms with E-state index in [1.165, 1.54) is 49.9 Å². The van der Waals surface area contributed by atoms with Gasteiger partial charge in [0.15, 0.2) is 0 Å². The quantitative estimate of drug-likeness (QED) is 0.789. The first kappa shape index (κ1) is 14.5. The van der Waals surface area contributed by atoms with E-state index in [2.05, 4.69) is 48.3 Å². The van der Waals surface area contributed by atoms with Crippen LogP contribution in [0.15, 0.2) is 24.3 Å².